The number of halogens is 3. The van der Waals surface area contributed by atoms with Crippen molar-refractivity contribution in [2.75, 3.05) is 25.6 Å². The number of rotatable bonds is 12. The summed E-state index contributed by atoms with van der Waals surface area (Å²) in [5.41, 5.74) is 0. The van der Waals surface area contributed by atoms with Gasteiger partial charge in [0.2, 0.25) is 0 Å². The minimum absolute atomic E-state index is 0. The van der Waals surface area contributed by atoms with Crippen molar-refractivity contribution >= 4 is 28.8 Å². The zero-order valence-electron chi connectivity index (χ0n) is 13.9. The molecule has 8 nitrogen and oxygen atoms in total. The van der Waals surface area contributed by atoms with E-state index in [9.17, 15) is 25.9 Å². The van der Waals surface area contributed by atoms with Crippen LogP contribution in [0.3, 0.4) is 0 Å². The topological polar surface area (TPSA) is 100 Å². The van der Waals surface area contributed by atoms with Crippen molar-refractivity contribution in [2.45, 2.75) is 32.6 Å². The van der Waals surface area contributed by atoms with E-state index in [4.69, 9.17) is 13.3 Å². The monoisotopic (exact) mass is 410 g/mol. The third kappa shape index (κ3) is 8.63. The van der Waals surface area contributed by atoms with Crippen LogP contribution in [0, 0.1) is 0 Å². The Morgan fingerprint density at radius 2 is 1.42 bits per heavy atom. The Hall–Kier alpha value is 0.344. The molecule has 15 heteroatoms. The van der Waals surface area contributed by atoms with Gasteiger partial charge >= 0.3 is 33.4 Å². The molecule has 0 bridgehead atoms. The fourth-order valence-electron chi connectivity index (χ4n) is 1.52. The minimum atomic E-state index is -5.28. The number of hydrogen-bond donors (Lipinski definition) is 0. The molecule has 0 rings (SSSR count). The molecule has 0 aliphatic carbocycles. The van der Waals surface area contributed by atoms with Crippen molar-refractivity contribution in [1.82, 2.24) is 0 Å². The molecular formula is C9H20F3LiNO7S2Si+. The van der Waals surface area contributed by atoms with Crippen LogP contribution in [-0.2, 0) is 37.7 Å². The van der Waals surface area contributed by atoms with E-state index >= 15 is 0 Å². The summed E-state index contributed by atoms with van der Waals surface area (Å²) in [6, 6.07) is -0.320. The second-order valence-corrected chi connectivity index (χ2v) is 10.3. The Morgan fingerprint density at radius 1 is 1.00 bits per heavy atom. The van der Waals surface area contributed by atoms with Gasteiger partial charge in [0.25, 0.3) is 20.0 Å². The van der Waals surface area contributed by atoms with E-state index in [2.05, 4.69) is 8.16 Å². The maximum absolute atomic E-state index is 12.4. The van der Waals surface area contributed by atoms with Crippen LogP contribution < -0.4 is 18.9 Å². The second-order valence-electron chi connectivity index (χ2n) is 3.93. The van der Waals surface area contributed by atoms with E-state index in [1.165, 1.54) is 0 Å². The maximum atomic E-state index is 12.4. The van der Waals surface area contributed by atoms with E-state index in [-0.39, 0.29) is 44.7 Å². The van der Waals surface area contributed by atoms with Gasteiger partial charge in [0.1, 0.15) is 0 Å². The molecule has 1 unspecified atom stereocenters. The summed E-state index contributed by atoms with van der Waals surface area (Å²) < 4.78 is 92.4. The summed E-state index contributed by atoms with van der Waals surface area (Å²) >= 11 is 0. The molecule has 0 saturated carbocycles. The average Bonchev–Trinajstić information content (AvgIpc) is 2.45. The normalized spacial score (nSPS) is 15.0. The first kappa shape index (κ1) is 26.6. The quantitative estimate of drug-likeness (QED) is 0.376. The van der Waals surface area contributed by atoms with Crippen LogP contribution in [0.2, 0.25) is 6.04 Å². The van der Waals surface area contributed by atoms with Crippen molar-refractivity contribution in [3.63, 3.8) is 0 Å². The Kier molecular flexibility index (Phi) is 13.1. The molecule has 0 aliphatic rings. The van der Waals surface area contributed by atoms with Crippen LogP contribution in [0.1, 0.15) is 20.8 Å². The van der Waals surface area contributed by atoms with Gasteiger partial charge in [-0.15, -0.1) is 0 Å². The van der Waals surface area contributed by atoms with E-state index in [0.29, 0.717) is 0 Å². The molecular weight excluding hydrogens is 390 g/mol. The van der Waals surface area contributed by atoms with Crippen molar-refractivity contribution < 1.29 is 62.5 Å². The molecule has 0 fully saturated rings. The first-order valence-electron chi connectivity index (χ1n) is 6.60. The number of sulfonamides is 1. The van der Waals surface area contributed by atoms with Gasteiger partial charge in [-0.25, -0.2) is 12.6 Å². The molecule has 0 aliphatic heterocycles. The van der Waals surface area contributed by atoms with Gasteiger partial charge in [-0.1, -0.05) is 8.16 Å². The van der Waals surface area contributed by atoms with E-state index in [1.54, 1.807) is 20.8 Å². The molecule has 0 N–H and O–H groups in total. The Bertz CT molecular complexity index is 554. The molecule has 1 atom stereocenters. The molecule has 0 heterocycles. The zero-order chi connectivity index (χ0) is 18.1. The molecule has 140 valence electrons. The summed E-state index contributed by atoms with van der Waals surface area (Å²) in [7, 11) is -13.3. The first-order chi connectivity index (χ1) is 10.6. The predicted molar refractivity (Wildman–Crippen MR) is 78.0 cm³/mol. The SMILES string of the molecule is CCO[Si](CCS(=O)(=O)N=S(=O)(OF)C(F)F)(OCC)OCC.[Li+]. The minimum Gasteiger partial charge on any atom is -0.374 e. The second kappa shape index (κ2) is 11.9. The van der Waals surface area contributed by atoms with E-state index in [0.717, 1.165) is 0 Å². The van der Waals surface area contributed by atoms with Crippen molar-refractivity contribution in [1.29, 1.82) is 0 Å². The van der Waals surface area contributed by atoms with Crippen molar-refractivity contribution in [3.05, 3.63) is 0 Å². The van der Waals surface area contributed by atoms with Gasteiger partial charge in [-0.3, -0.25) is 0 Å². The molecule has 0 radical (unpaired) electrons. The number of hydrogen-bond acceptors (Lipinski definition) is 7. The Balaban J connectivity index is 0. The average molecular weight is 410 g/mol. The van der Waals surface area contributed by atoms with Crippen LogP contribution in [0.25, 0.3) is 0 Å². The maximum Gasteiger partial charge on any atom is 1.00 e. The largest absolute Gasteiger partial charge is 1.00 e. The van der Waals surface area contributed by atoms with Gasteiger partial charge < -0.3 is 13.3 Å². The van der Waals surface area contributed by atoms with Crippen LogP contribution in [0.4, 0.5) is 13.3 Å². The molecule has 0 saturated heterocycles. The van der Waals surface area contributed by atoms with E-state index in [1.807, 2.05) is 0 Å². The molecule has 24 heavy (non-hydrogen) atoms. The number of nitrogens with zero attached hydrogens (tertiary/aromatic N) is 1. The molecule has 0 aromatic rings. The summed E-state index contributed by atoms with van der Waals surface area (Å²) in [6.07, 6.45) is 0. The van der Waals surface area contributed by atoms with E-state index < -0.39 is 40.3 Å². The zero-order valence-corrected chi connectivity index (χ0v) is 16.5. The summed E-state index contributed by atoms with van der Waals surface area (Å²) in [5, 5.41) is 0. The van der Waals surface area contributed by atoms with Crippen LogP contribution >= 0.6 is 0 Å². The standard InChI is InChI=1S/C9H20F3NO7S2Si.Li/c1-4-17-23(18-5-2,19-6-3)8-7-21(14,15)13-22(16,20-12)9(10)11;/h9H,4-8H2,1-3H3;/q;+1. The fourth-order valence-corrected chi connectivity index (χ4v) is 7.53. The summed E-state index contributed by atoms with van der Waals surface area (Å²) in [4.78, 5) is 0. The molecule has 0 aromatic carbocycles. The van der Waals surface area contributed by atoms with Gasteiger partial charge in [-0.05, 0) is 25.3 Å². The first-order valence-corrected chi connectivity index (χ1v) is 11.6. The van der Waals surface area contributed by atoms with Gasteiger partial charge in [0.15, 0.2) is 0 Å². The molecule has 0 amide bonds. The van der Waals surface area contributed by atoms with Crippen LogP contribution in [0.5, 0.6) is 0 Å². The number of alkyl halides is 2. The van der Waals surface area contributed by atoms with Crippen molar-refractivity contribution in [3.8, 4) is 0 Å². The Labute approximate surface area is 153 Å². The van der Waals surface area contributed by atoms with Crippen LogP contribution in [0.15, 0.2) is 3.77 Å². The summed E-state index contributed by atoms with van der Waals surface area (Å²) in [6.45, 7) is 5.43. The summed E-state index contributed by atoms with van der Waals surface area (Å²) in [5.74, 6) is -4.79. The van der Waals surface area contributed by atoms with Gasteiger partial charge in [0.05, 0.1) is 5.75 Å². The van der Waals surface area contributed by atoms with Crippen molar-refractivity contribution in [2.24, 2.45) is 3.77 Å². The third-order valence-corrected chi connectivity index (χ3v) is 8.79. The van der Waals surface area contributed by atoms with Crippen LogP contribution in [-0.4, -0.2) is 52.8 Å². The fraction of sp³-hybridized carbons (Fsp3) is 1.00. The molecule has 0 spiro atoms. The Morgan fingerprint density at radius 3 is 1.71 bits per heavy atom. The van der Waals surface area contributed by atoms with Gasteiger partial charge in [0, 0.05) is 25.9 Å². The molecule has 0 aromatic heterocycles. The van der Waals surface area contributed by atoms with Gasteiger partial charge in [-0.2, -0.15) is 8.78 Å². The predicted octanol–water partition coefficient (Wildman–Crippen LogP) is -1.12. The third-order valence-electron chi connectivity index (χ3n) is 2.29. The smallest absolute Gasteiger partial charge is 0.374 e.